The molecule has 11 nitrogen and oxygen atoms in total. The second-order valence-electron chi connectivity index (χ2n) is 11.3. The zero-order chi connectivity index (χ0) is 26.0. The van der Waals surface area contributed by atoms with Crippen molar-refractivity contribution in [2.45, 2.75) is 75.0 Å². The quantitative estimate of drug-likeness (QED) is 0.275. The summed E-state index contributed by atoms with van der Waals surface area (Å²) in [4.78, 5) is 23.0. The summed E-state index contributed by atoms with van der Waals surface area (Å²) in [5.74, 6) is 2.75. The highest BCUT2D eigenvalue weighted by Gasteiger charge is 2.45. The number of nitrogens with one attached hydrogen (secondary N) is 1. The average Bonchev–Trinajstić information content (AvgIpc) is 3.42. The van der Waals surface area contributed by atoms with Gasteiger partial charge < -0.3 is 30.6 Å². The van der Waals surface area contributed by atoms with Crippen LogP contribution >= 0.6 is 0 Å². The number of aryl methyl sites for hydroxylation is 1. The fraction of sp³-hybridized carbons (Fsp3) is 0.556. The maximum Gasteiger partial charge on any atom is 0.167 e. The molecule has 200 valence electrons. The monoisotopic (exact) mass is 518 g/mol. The molecule has 3 aliphatic rings. The van der Waals surface area contributed by atoms with Crippen molar-refractivity contribution in [3.63, 3.8) is 0 Å². The van der Waals surface area contributed by atoms with E-state index < -0.39 is 24.5 Å². The van der Waals surface area contributed by atoms with Gasteiger partial charge in [0.1, 0.15) is 36.0 Å². The van der Waals surface area contributed by atoms with Crippen molar-refractivity contribution in [2.75, 3.05) is 19.3 Å². The van der Waals surface area contributed by atoms with E-state index in [2.05, 4.69) is 50.1 Å². The van der Waals surface area contributed by atoms with Crippen molar-refractivity contribution < 1.29 is 14.9 Å². The van der Waals surface area contributed by atoms with Crippen LogP contribution in [0.3, 0.4) is 0 Å². The fourth-order valence-corrected chi connectivity index (χ4v) is 6.11. The molecule has 0 amide bonds. The molecule has 0 bridgehead atoms. The summed E-state index contributed by atoms with van der Waals surface area (Å²) < 4.78 is 7.74. The van der Waals surface area contributed by atoms with Gasteiger partial charge in [0.2, 0.25) is 0 Å². The zero-order valence-corrected chi connectivity index (χ0v) is 21.4. The van der Waals surface area contributed by atoms with Gasteiger partial charge in [-0.2, -0.15) is 0 Å². The molecule has 2 saturated carbocycles. The van der Waals surface area contributed by atoms with Gasteiger partial charge in [0.05, 0.1) is 17.4 Å². The van der Waals surface area contributed by atoms with E-state index in [0.717, 1.165) is 48.5 Å². The van der Waals surface area contributed by atoms with Crippen molar-refractivity contribution in [3.8, 4) is 0 Å². The molecular formula is C27H34N8O3. The Kier molecular flexibility index (Phi) is 5.84. The number of nitrogens with zero attached hydrogens (tertiary/aromatic N) is 6. The van der Waals surface area contributed by atoms with Crippen LogP contribution < -0.4 is 5.73 Å². The van der Waals surface area contributed by atoms with Crippen LogP contribution in [0.4, 0.5) is 5.82 Å². The van der Waals surface area contributed by atoms with E-state index in [-0.39, 0.29) is 5.82 Å². The van der Waals surface area contributed by atoms with E-state index in [1.165, 1.54) is 31.1 Å². The van der Waals surface area contributed by atoms with E-state index in [4.69, 9.17) is 15.5 Å². The number of nitrogens with two attached hydrogens (primary N) is 1. The number of imidazole rings is 2. The Balaban J connectivity index is 0.920. The normalized spacial score (nSPS) is 29.5. The predicted octanol–water partition coefficient (Wildman–Crippen LogP) is 2.12. The van der Waals surface area contributed by atoms with Crippen LogP contribution in [0.15, 0.2) is 30.9 Å². The molecular weight excluding hydrogens is 484 g/mol. The number of aliphatic hydroxyl groups excluding tert-OH is 2. The van der Waals surface area contributed by atoms with E-state index >= 15 is 0 Å². The number of nitrogen functional groups attached to an aromatic ring is 1. The van der Waals surface area contributed by atoms with Crippen molar-refractivity contribution in [1.82, 2.24) is 34.4 Å². The summed E-state index contributed by atoms with van der Waals surface area (Å²) in [5, 5.41) is 21.5. The Hall–Kier alpha value is -3.12. The summed E-state index contributed by atoms with van der Waals surface area (Å²) in [6.45, 7) is 0.531. The van der Waals surface area contributed by atoms with Gasteiger partial charge in [0.25, 0.3) is 0 Å². The van der Waals surface area contributed by atoms with Crippen LogP contribution in [-0.2, 0) is 11.2 Å². The van der Waals surface area contributed by atoms with Gasteiger partial charge >= 0.3 is 0 Å². The molecule has 0 radical (unpaired) electrons. The third-order valence-corrected chi connectivity index (χ3v) is 8.69. The number of fused-ring (bicyclic) bond motifs is 2. The van der Waals surface area contributed by atoms with Crippen molar-refractivity contribution in [2.24, 2.45) is 5.92 Å². The number of aliphatic hydroxyl groups is 2. The van der Waals surface area contributed by atoms with E-state index in [1.807, 2.05) is 0 Å². The summed E-state index contributed by atoms with van der Waals surface area (Å²) in [5.41, 5.74) is 10.5. The number of hydrogen-bond donors (Lipinski definition) is 4. The molecule has 0 unspecified atom stereocenters. The second kappa shape index (κ2) is 9.26. The van der Waals surface area contributed by atoms with Crippen molar-refractivity contribution in [3.05, 3.63) is 42.2 Å². The lowest BCUT2D eigenvalue weighted by molar-refractivity contribution is -0.0514. The third-order valence-electron chi connectivity index (χ3n) is 8.69. The molecule has 4 atom stereocenters. The largest absolute Gasteiger partial charge is 0.387 e. The summed E-state index contributed by atoms with van der Waals surface area (Å²) >= 11 is 0. The molecule has 4 heterocycles. The molecule has 7 rings (SSSR count). The number of likely N-dealkylation sites (N-methyl/N-ethyl adjacent to an activating group) is 1. The molecule has 11 heteroatoms. The van der Waals surface area contributed by atoms with E-state index in [1.54, 1.807) is 4.57 Å². The molecule has 3 fully saturated rings. The maximum atomic E-state index is 10.7. The Morgan fingerprint density at radius 1 is 1.16 bits per heavy atom. The van der Waals surface area contributed by atoms with Crippen molar-refractivity contribution >= 4 is 28.0 Å². The Bertz CT molecular complexity index is 1460. The number of aromatic nitrogens is 6. The lowest BCUT2D eigenvalue weighted by atomic mass is 9.76. The molecule has 0 spiro atoms. The van der Waals surface area contributed by atoms with Gasteiger partial charge in [-0.3, -0.25) is 4.57 Å². The molecule has 3 aromatic heterocycles. The van der Waals surface area contributed by atoms with Crippen LogP contribution in [0, 0.1) is 5.92 Å². The first-order valence-corrected chi connectivity index (χ1v) is 13.6. The predicted molar refractivity (Wildman–Crippen MR) is 141 cm³/mol. The van der Waals surface area contributed by atoms with Gasteiger partial charge in [-0.1, -0.05) is 6.07 Å². The van der Waals surface area contributed by atoms with Crippen LogP contribution in [-0.4, -0.2) is 82.5 Å². The molecule has 2 aliphatic carbocycles. The number of anilines is 1. The van der Waals surface area contributed by atoms with Crippen LogP contribution in [0.25, 0.3) is 22.2 Å². The maximum absolute atomic E-state index is 10.7. The number of aromatic amines is 1. The first-order chi connectivity index (χ1) is 18.4. The SMILES string of the molecule is CN(C[C@H]1O[C@@H](n2cnc3c(N)ncnc32)[C@H](O)[C@@H]1O)C1CC(CCc2nc3ccc(C4CC4)cc3[nH]2)C1. The highest BCUT2D eigenvalue weighted by Crippen LogP contribution is 2.41. The molecule has 1 aliphatic heterocycles. The smallest absolute Gasteiger partial charge is 0.167 e. The van der Waals surface area contributed by atoms with Gasteiger partial charge in [0.15, 0.2) is 17.7 Å². The van der Waals surface area contributed by atoms with Crippen molar-refractivity contribution in [1.29, 1.82) is 0 Å². The number of hydrogen-bond acceptors (Lipinski definition) is 9. The molecule has 4 aromatic rings. The topological polar surface area (TPSA) is 151 Å². The zero-order valence-electron chi connectivity index (χ0n) is 21.4. The first-order valence-electron chi connectivity index (χ1n) is 13.6. The summed E-state index contributed by atoms with van der Waals surface area (Å²) in [6.07, 6.45) is 6.36. The van der Waals surface area contributed by atoms with Crippen LogP contribution in [0.2, 0.25) is 0 Å². The van der Waals surface area contributed by atoms with Crippen LogP contribution in [0.1, 0.15) is 55.6 Å². The van der Waals surface area contributed by atoms with Gasteiger partial charge in [0, 0.05) is 19.0 Å². The number of benzene rings is 1. The van der Waals surface area contributed by atoms with Gasteiger partial charge in [-0.15, -0.1) is 0 Å². The lowest BCUT2D eigenvalue weighted by Crippen LogP contribution is -2.47. The average molecular weight is 519 g/mol. The molecule has 5 N–H and O–H groups in total. The molecule has 1 aromatic carbocycles. The second-order valence-corrected chi connectivity index (χ2v) is 11.3. The molecule has 38 heavy (non-hydrogen) atoms. The standard InChI is InChI=1S/C27H34N8O3/c1-34(11-20-23(36)24(37)27(38-20)35-13-31-22-25(28)29-12-30-26(22)35)17-8-14(9-17)2-7-21-32-18-6-5-16(15-3-4-15)10-19(18)33-21/h5-6,10,12-15,17,20,23-24,27,36-37H,2-4,7-9,11H2,1H3,(H,32,33)(H2,28,29,30)/t14?,17?,20-,23-,24-,27-/m1/s1. The van der Waals surface area contributed by atoms with Gasteiger partial charge in [-0.05, 0) is 68.7 Å². The Morgan fingerprint density at radius 3 is 2.82 bits per heavy atom. The van der Waals surface area contributed by atoms with Crippen LogP contribution in [0.5, 0.6) is 0 Å². The van der Waals surface area contributed by atoms with E-state index in [9.17, 15) is 10.2 Å². The summed E-state index contributed by atoms with van der Waals surface area (Å²) in [7, 11) is 2.06. The summed E-state index contributed by atoms with van der Waals surface area (Å²) in [6, 6.07) is 7.09. The fourth-order valence-electron chi connectivity index (χ4n) is 6.11. The third kappa shape index (κ3) is 4.23. The highest BCUT2D eigenvalue weighted by molar-refractivity contribution is 5.81. The lowest BCUT2D eigenvalue weighted by Gasteiger charge is -2.42. The number of ether oxygens (including phenoxy) is 1. The minimum absolute atomic E-state index is 0.264. The minimum atomic E-state index is -1.10. The number of H-pyrrole nitrogens is 1. The Morgan fingerprint density at radius 2 is 2.00 bits per heavy atom. The minimum Gasteiger partial charge on any atom is -0.387 e. The highest BCUT2D eigenvalue weighted by atomic mass is 16.6. The van der Waals surface area contributed by atoms with Gasteiger partial charge in [-0.25, -0.2) is 19.9 Å². The number of rotatable bonds is 8. The molecule has 1 saturated heterocycles. The van der Waals surface area contributed by atoms with E-state index in [0.29, 0.717) is 29.7 Å². The Labute approximate surface area is 220 Å². The first kappa shape index (κ1) is 24.0.